The maximum Gasteiger partial charge on any atom is 0.228 e. The van der Waals surface area contributed by atoms with Crippen molar-refractivity contribution in [1.29, 1.82) is 0 Å². The number of nitrogens with one attached hydrogen (secondary N) is 4. The van der Waals surface area contributed by atoms with Crippen molar-refractivity contribution < 1.29 is 9.18 Å². The molecule has 0 aliphatic heterocycles. The van der Waals surface area contributed by atoms with Crippen LogP contribution in [-0.4, -0.2) is 68.1 Å². The monoisotopic (exact) mass is 625 g/mol. The standard InChI is InChI=1S/C36H32FN9O/c1-46(2)9-8-40-27-12-23(11-26(37)15-27)31-20-39-21-33-29(31)16-32(43-33)35-30-14-25(18-41-36(30)45-44-35)24-13-28(19-38-17-24)42-34(47)10-22-6-4-3-5-7-22/h3-7,11-21,40,43H,8-10H2,1-2H3,(H,42,47)(H,41,44,45). The summed E-state index contributed by atoms with van der Waals surface area (Å²) in [6.45, 7) is 1.52. The number of aromatic amines is 2. The summed E-state index contributed by atoms with van der Waals surface area (Å²) in [6.07, 6.45) is 8.88. The molecule has 0 radical (unpaired) electrons. The van der Waals surface area contributed by atoms with Gasteiger partial charge in [0.1, 0.15) is 11.5 Å². The molecule has 234 valence electrons. The zero-order valence-electron chi connectivity index (χ0n) is 25.9. The zero-order chi connectivity index (χ0) is 32.3. The number of aromatic nitrogens is 6. The predicted molar refractivity (Wildman–Crippen MR) is 183 cm³/mol. The molecular formula is C36H32FN9O. The number of hydrogen-bond donors (Lipinski definition) is 4. The van der Waals surface area contributed by atoms with Crippen molar-refractivity contribution in [3.63, 3.8) is 0 Å². The van der Waals surface area contributed by atoms with Crippen molar-refractivity contribution in [1.82, 2.24) is 35.0 Å². The van der Waals surface area contributed by atoms with Crippen molar-refractivity contribution in [3.8, 4) is 33.6 Å². The number of benzene rings is 2. The van der Waals surface area contributed by atoms with Gasteiger partial charge < -0.3 is 20.5 Å². The maximum absolute atomic E-state index is 14.7. The number of H-pyrrole nitrogens is 2. The van der Waals surface area contributed by atoms with Gasteiger partial charge in [-0.1, -0.05) is 30.3 Å². The van der Waals surface area contributed by atoms with E-state index in [2.05, 4.69) is 45.7 Å². The van der Waals surface area contributed by atoms with Crippen molar-refractivity contribution >= 4 is 39.2 Å². The Kier molecular flexibility index (Phi) is 8.11. The molecule has 4 N–H and O–H groups in total. The normalized spacial score (nSPS) is 11.4. The largest absolute Gasteiger partial charge is 0.384 e. The topological polar surface area (TPSA) is 128 Å². The van der Waals surface area contributed by atoms with Crippen LogP contribution in [0.3, 0.4) is 0 Å². The lowest BCUT2D eigenvalue weighted by atomic mass is 10.0. The quantitative estimate of drug-likeness (QED) is 0.136. The summed E-state index contributed by atoms with van der Waals surface area (Å²) < 4.78 is 14.7. The van der Waals surface area contributed by atoms with E-state index in [1.807, 2.05) is 68.7 Å². The Morgan fingerprint density at radius 1 is 0.851 bits per heavy atom. The van der Waals surface area contributed by atoms with Crippen LogP contribution in [0.5, 0.6) is 0 Å². The average molecular weight is 626 g/mol. The van der Waals surface area contributed by atoms with Gasteiger partial charge in [0, 0.05) is 64.8 Å². The fraction of sp³-hybridized carbons (Fsp3) is 0.139. The Hall–Kier alpha value is -5.94. The highest BCUT2D eigenvalue weighted by Gasteiger charge is 2.16. The summed E-state index contributed by atoms with van der Waals surface area (Å²) >= 11 is 0. The highest BCUT2D eigenvalue weighted by Crippen LogP contribution is 2.35. The molecule has 0 unspecified atom stereocenters. The number of pyridine rings is 3. The first-order chi connectivity index (χ1) is 22.9. The van der Waals surface area contributed by atoms with Crippen LogP contribution < -0.4 is 10.6 Å². The van der Waals surface area contributed by atoms with E-state index in [9.17, 15) is 9.18 Å². The highest BCUT2D eigenvalue weighted by atomic mass is 19.1. The lowest BCUT2D eigenvalue weighted by Gasteiger charge is -2.13. The number of hydrogen-bond acceptors (Lipinski definition) is 7. The van der Waals surface area contributed by atoms with E-state index < -0.39 is 0 Å². The molecule has 0 aliphatic carbocycles. The Morgan fingerprint density at radius 2 is 1.66 bits per heavy atom. The maximum atomic E-state index is 14.7. The minimum atomic E-state index is -0.325. The van der Waals surface area contributed by atoms with Crippen LogP contribution >= 0.6 is 0 Å². The fourth-order valence-corrected chi connectivity index (χ4v) is 5.60. The molecular weight excluding hydrogens is 593 g/mol. The van der Waals surface area contributed by atoms with Gasteiger partial charge in [0.25, 0.3) is 0 Å². The second kappa shape index (κ2) is 12.8. The first-order valence-corrected chi connectivity index (χ1v) is 15.2. The van der Waals surface area contributed by atoms with Crippen LogP contribution in [0.1, 0.15) is 5.56 Å². The van der Waals surface area contributed by atoms with Gasteiger partial charge in [0.2, 0.25) is 5.91 Å². The van der Waals surface area contributed by atoms with Gasteiger partial charge >= 0.3 is 0 Å². The molecule has 11 heteroatoms. The molecule has 0 saturated heterocycles. The van der Waals surface area contributed by atoms with Crippen molar-refractivity contribution in [2.75, 3.05) is 37.8 Å². The molecule has 7 aromatic rings. The molecule has 0 saturated carbocycles. The number of carbonyl (C=O) groups excluding carboxylic acids is 1. The third kappa shape index (κ3) is 6.56. The van der Waals surface area contributed by atoms with Crippen LogP contribution in [0, 0.1) is 5.82 Å². The van der Waals surface area contributed by atoms with E-state index in [4.69, 9.17) is 0 Å². The van der Waals surface area contributed by atoms with Gasteiger partial charge in [-0.15, -0.1) is 0 Å². The predicted octanol–water partition coefficient (Wildman–Crippen LogP) is 6.52. The van der Waals surface area contributed by atoms with Crippen molar-refractivity contribution in [2.24, 2.45) is 0 Å². The molecule has 5 aromatic heterocycles. The van der Waals surface area contributed by atoms with E-state index in [0.29, 0.717) is 29.3 Å². The number of amides is 1. The summed E-state index contributed by atoms with van der Waals surface area (Å²) in [5, 5.41) is 15.6. The molecule has 0 bridgehead atoms. The van der Waals surface area contributed by atoms with E-state index >= 15 is 0 Å². The first kappa shape index (κ1) is 29.8. The number of fused-ring (bicyclic) bond motifs is 2. The average Bonchev–Trinajstić information content (AvgIpc) is 3.69. The molecule has 1 amide bonds. The van der Waals surface area contributed by atoms with Crippen LogP contribution in [0.4, 0.5) is 15.8 Å². The van der Waals surface area contributed by atoms with Gasteiger partial charge in [-0.2, -0.15) is 5.10 Å². The Bertz CT molecular complexity index is 2210. The van der Waals surface area contributed by atoms with Crippen LogP contribution in [-0.2, 0) is 11.2 Å². The van der Waals surface area contributed by atoms with E-state index in [-0.39, 0.29) is 18.1 Å². The summed E-state index contributed by atoms with van der Waals surface area (Å²) in [5.74, 6) is -0.447. The smallest absolute Gasteiger partial charge is 0.228 e. The minimum Gasteiger partial charge on any atom is -0.384 e. The number of carbonyl (C=O) groups is 1. The van der Waals surface area contributed by atoms with Gasteiger partial charge in [-0.3, -0.25) is 19.9 Å². The second-order valence-corrected chi connectivity index (χ2v) is 11.7. The van der Waals surface area contributed by atoms with Crippen LogP contribution in [0.2, 0.25) is 0 Å². The van der Waals surface area contributed by atoms with Gasteiger partial charge in [-0.05, 0) is 61.6 Å². The van der Waals surface area contributed by atoms with Crippen molar-refractivity contribution in [3.05, 3.63) is 109 Å². The SMILES string of the molecule is CN(C)CCNc1cc(F)cc(-c2cncc3[nH]c(-c4n[nH]c5ncc(-c6cncc(NC(=O)Cc7ccccc7)c6)cc45)cc23)c1. The molecule has 7 rings (SSSR count). The van der Waals surface area contributed by atoms with Gasteiger partial charge in [0.05, 0.1) is 35.7 Å². The summed E-state index contributed by atoms with van der Waals surface area (Å²) in [7, 11) is 4.00. The summed E-state index contributed by atoms with van der Waals surface area (Å²) in [6, 6.07) is 20.4. The number of halogens is 1. The molecule has 10 nitrogen and oxygen atoms in total. The van der Waals surface area contributed by atoms with E-state index in [0.717, 1.165) is 56.3 Å². The first-order valence-electron chi connectivity index (χ1n) is 15.2. The molecule has 5 heterocycles. The van der Waals surface area contributed by atoms with Gasteiger partial charge in [0.15, 0.2) is 5.65 Å². The number of likely N-dealkylation sites (N-methyl/N-ethyl adjacent to an activating group) is 1. The molecule has 0 aliphatic rings. The van der Waals surface area contributed by atoms with Crippen molar-refractivity contribution in [2.45, 2.75) is 6.42 Å². The summed E-state index contributed by atoms with van der Waals surface area (Å²) in [5.41, 5.74) is 8.25. The van der Waals surface area contributed by atoms with Crippen LogP contribution in [0.15, 0.2) is 97.7 Å². The minimum absolute atomic E-state index is 0.122. The van der Waals surface area contributed by atoms with E-state index in [1.54, 1.807) is 31.0 Å². The lowest BCUT2D eigenvalue weighted by molar-refractivity contribution is -0.115. The van der Waals surface area contributed by atoms with Gasteiger partial charge in [-0.25, -0.2) is 9.37 Å². The molecule has 0 fully saturated rings. The van der Waals surface area contributed by atoms with Crippen LogP contribution in [0.25, 0.3) is 55.6 Å². The third-order valence-corrected chi connectivity index (χ3v) is 7.88. The Balaban J connectivity index is 1.18. The Labute approximate surface area is 270 Å². The third-order valence-electron chi connectivity index (χ3n) is 7.88. The molecule has 0 atom stereocenters. The molecule has 0 spiro atoms. The fourth-order valence-electron chi connectivity index (χ4n) is 5.60. The lowest BCUT2D eigenvalue weighted by Crippen LogP contribution is -2.20. The Morgan fingerprint density at radius 3 is 2.51 bits per heavy atom. The number of rotatable bonds is 10. The summed E-state index contributed by atoms with van der Waals surface area (Å²) in [4.78, 5) is 31.6. The number of nitrogens with zero attached hydrogens (tertiary/aromatic N) is 5. The zero-order valence-corrected chi connectivity index (χ0v) is 25.9. The number of anilines is 2. The van der Waals surface area contributed by atoms with E-state index in [1.165, 1.54) is 12.1 Å². The second-order valence-electron chi connectivity index (χ2n) is 11.7. The highest BCUT2D eigenvalue weighted by molar-refractivity contribution is 6.01. The molecule has 47 heavy (non-hydrogen) atoms. The molecule has 2 aromatic carbocycles.